The van der Waals surface area contributed by atoms with Crippen LogP contribution in [-0.4, -0.2) is 19.9 Å². The molecule has 4 heteroatoms. The molecule has 0 fully saturated rings. The molecule has 2 heterocycles. The molecule has 1 unspecified atom stereocenters. The first kappa shape index (κ1) is 46.7. The summed E-state index contributed by atoms with van der Waals surface area (Å²) in [5.74, 6) is 1.86. The Labute approximate surface area is 383 Å². The fourth-order valence-electron chi connectivity index (χ4n) is 8.07. The maximum absolute atomic E-state index is 5.18. The molecule has 0 radical (unpaired) electrons. The summed E-state index contributed by atoms with van der Waals surface area (Å²) in [7, 11) is 0. The van der Waals surface area contributed by atoms with E-state index in [1.54, 1.807) is 0 Å². The summed E-state index contributed by atoms with van der Waals surface area (Å²) in [5, 5.41) is 0. The lowest BCUT2D eigenvalue weighted by atomic mass is 9.79. The number of allylic oxidation sites excluding steroid dienone is 2. The van der Waals surface area contributed by atoms with E-state index in [2.05, 4.69) is 184 Å². The van der Waals surface area contributed by atoms with Crippen LogP contribution in [0.5, 0.6) is 0 Å². The first-order chi connectivity index (χ1) is 31.4. The number of hydrogen-bond acceptors (Lipinski definition) is 4. The fraction of sp³-hybridized carbons (Fsp3) is 0.233. The van der Waals surface area contributed by atoms with Gasteiger partial charge in [-0.1, -0.05) is 219 Å². The Kier molecular flexibility index (Phi) is 16.8. The zero-order valence-electron chi connectivity index (χ0n) is 39.1. The maximum atomic E-state index is 5.18. The van der Waals surface area contributed by atoms with E-state index in [-0.39, 0.29) is 5.41 Å². The summed E-state index contributed by atoms with van der Waals surface area (Å²) in [5.41, 5.74) is 14.7. The second-order valence-corrected chi connectivity index (χ2v) is 16.2. The van der Waals surface area contributed by atoms with Crippen LogP contribution in [0.3, 0.4) is 0 Å². The molecule has 324 valence electrons. The molecule has 0 saturated heterocycles. The van der Waals surface area contributed by atoms with E-state index in [9.17, 15) is 0 Å². The Morgan fingerprint density at radius 2 is 0.828 bits per heavy atom. The summed E-state index contributed by atoms with van der Waals surface area (Å²) in [6.45, 7) is 17.0. The van der Waals surface area contributed by atoms with Crippen molar-refractivity contribution in [2.45, 2.75) is 92.9 Å². The topological polar surface area (TPSA) is 51.6 Å². The van der Waals surface area contributed by atoms with E-state index in [0.717, 1.165) is 62.9 Å². The highest BCUT2D eigenvalue weighted by atomic mass is 15.0. The Morgan fingerprint density at radius 1 is 0.438 bits per heavy atom. The molecule has 64 heavy (non-hydrogen) atoms. The molecule has 2 aromatic heterocycles. The van der Waals surface area contributed by atoms with Crippen molar-refractivity contribution < 1.29 is 0 Å². The third-order valence-corrected chi connectivity index (χ3v) is 11.5. The van der Waals surface area contributed by atoms with E-state index >= 15 is 0 Å². The zero-order valence-corrected chi connectivity index (χ0v) is 39.1. The average Bonchev–Trinajstić information content (AvgIpc) is 3.74. The minimum atomic E-state index is 0.140. The molecule has 1 aliphatic carbocycles. The van der Waals surface area contributed by atoms with Crippen LogP contribution in [0.2, 0.25) is 0 Å². The first-order valence-corrected chi connectivity index (χ1v) is 23.3. The summed E-state index contributed by atoms with van der Waals surface area (Å²) >= 11 is 0. The largest absolute Gasteiger partial charge is 0.264 e. The summed E-state index contributed by atoms with van der Waals surface area (Å²) < 4.78 is 0. The van der Waals surface area contributed by atoms with Gasteiger partial charge in [0, 0.05) is 34.6 Å². The van der Waals surface area contributed by atoms with E-state index in [1.165, 1.54) is 41.5 Å². The summed E-state index contributed by atoms with van der Waals surface area (Å²) in [6, 6.07) is 57.6. The Morgan fingerprint density at radius 3 is 1.25 bits per heavy atom. The summed E-state index contributed by atoms with van der Waals surface area (Å²) in [4.78, 5) is 19.9. The number of unbranched alkanes of at least 4 members (excludes halogenated alkanes) is 2. The van der Waals surface area contributed by atoms with Gasteiger partial charge < -0.3 is 0 Å². The van der Waals surface area contributed by atoms with Crippen LogP contribution >= 0.6 is 0 Å². The van der Waals surface area contributed by atoms with Gasteiger partial charge in [0.15, 0.2) is 17.5 Å². The number of benzene rings is 6. The van der Waals surface area contributed by atoms with Crippen LogP contribution in [-0.2, 0) is 5.41 Å². The highest BCUT2D eigenvalue weighted by molar-refractivity contribution is 5.81. The standard InChI is InChI=1S/C51H40N4.C5H12.2C2H6/c1-35-27-28-51(2,33-35)47-25-23-40(24-26-47)44-30-45(43-14-9-29-52-34-43)32-46(31-44)50-54-48(41-19-15-38(16-20-41)36-10-5-3-6-11-36)53-49(55-50)42-21-17-39(18-22-42)37-12-7-4-8-13-37;1-3-5-4-2;2*1-2/h3-27,29-32,34H,28,33H2,1-2H3;3-5H2,1-2H3;2*1-2H3. The molecule has 4 nitrogen and oxygen atoms in total. The molecule has 0 amide bonds. The molecule has 1 atom stereocenters. The van der Waals surface area contributed by atoms with Crippen LogP contribution in [0.4, 0.5) is 0 Å². The molecule has 0 N–H and O–H groups in total. The Bertz CT molecular complexity index is 2570. The van der Waals surface area contributed by atoms with Gasteiger partial charge in [-0.05, 0) is 94.0 Å². The molecule has 0 saturated carbocycles. The lowest BCUT2D eigenvalue weighted by Crippen LogP contribution is -2.17. The number of aromatic nitrogens is 4. The highest BCUT2D eigenvalue weighted by Crippen LogP contribution is 2.41. The molecule has 1 aliphatic rings. The van der Waals surface area contributed by atoms with Crippen molar-refractivity contribution in [3.8, 4) is 78.7 Å². The van der Waals surface area contributed by atoms with Gasteiger partial charge in [0.2, 0.25) is 0 Å². The molecule has 6 aromatic carbocycles. The second-order valence-electron chi connectivity index (χ2n) is 16.2. The number of pyridine rings is 1. The minimum Gasteiger partial charge on any atom is -0.264 e. The van der Waals surface area contributed by atoms with Gasteiger partial charge in [0.05, 0.1) is 0 Å². The number of nitrogens with zero attached hydrogens (tertiary/aromatic N) is 4. The van der Waals surface area contributed by atoms with Crippen LogP contribution in [0.1, 0.15) is 93.1 Å². The third-order valence-electron chi connectivity index (χ3n) is 11.5. The van der Waals surface area contributed by atoms with Crippen LogP contribution in [0.25, 0.3) is 78.7 Å². The molecule has 0 bridgehead atoms. The van der Waals surface area contributed by atoms with Gasteiger partial charge in [0.1, 0.15) is 0 Å². The average molecular weight is 841 g/mol. The quantitative estimate of drug-likeness (QED) is 0.129. The van der Waals surface area contributed by atoms with Crippen molar-refractivity contribution in [1.82, 2.24) is 19.9 Å². The zero-order chi connectivity index (χ0) is 45.3. The highest BCUT2D eigenvalue weighted by Gasteiger charge is 2.30. The van der Waals surface area contributed by atoms with Crippen LogP contribution in [0, 0.1) is 0 Å². The smallest absolute Gasteiger partial charge is 0.164 e. The molecule has 9 rings (SSSR count). The molecular formula is C60H64N4. The van der Waals surface area contributed by atoms with Crippen molar-refractivity contribution in [2.75, 3.05) is 0 Å². The SMILES string of the molecule is CC.CC.CC1=CCC(C)(c2ccc(-c3cc(-c4cccnc4)cc(-c4nc(-c5ccc(-c6ccccc6)cc5)nc(-c5ccc(-c6ccccc6)cc5)n4)c3)cc2)C1.CCCCC. The van der Waals surface area contributed by atoms with E-state index < -0.39 is 0 Å². The molecular weight excluding hydrogens is 777 g/mol. The van der Waals surface area contributed by atoms with Crippen molar-refractivity contribution in [3.63, 3.8) is 0 Å². The van der Waals surface area contributed by atoms with E-state index in [0.29, 0.717) is 17.5 Å². The molecule has 0 spiro atoms. The van der Waals surface area contributed by atoms with Crippen molar-refractivity contribution >= 4 is 0 Å². The first-order valence-electron chi connectivity index (χ1n) is 23.3. The lowest BCUT2D eigenvalue weighted by molar-refractivity contribution is 0.504. The predicted octanol–water partition coefficient (Wildman–Crippen LogP) is 17.2. The van der Waals surface area contributed by atoms with Gasteiger partial charge in [-0.15, -0.1) is 0 Å². The van der Waals surface area contributed by atoms with Gasteiger partial charge in [-0.2, -0.15) is 0 Å². The monoisotopic (exact) mass is 841 g/mol. The maximum Gasteiger partial charge on any atom is 0.164 e. The fourth-order valence-corrected chi connectivity index (χ4v) is 8.07. The third kappa shape index (κ3) is 11.6. The van der Waals surface area contributed by atoms with Gasteiger partial charge in [-0.25, -0.2) is 15.0 Å². The second kappa shape index (κ2) is 23.1. The molecule has 8 aromatic rings. The van der Waals surface area contributed by atoms with E-state index in [1.807, 2.05) is 58.3 Å². The molecule has 0 aliphatic heterocycles. The van der Waals surface area contributed by atoms with Gasteiger partial charge in [0.25, 0.3) is 0 Å². The van der Waals surface area contributed by atoms with Gasteiger partial charge in [-0.3, -0.25) is 4.98 Å². The number of rotatable bonds is 10. The van der Waals surface area contributed by atoms with Crippen molar-refractivity contribution in [3.05, 3.63) is 193 Å². The van der Waals surface area contributed by atoms with Crippen molar-refractivity contribution in [1.29, 1.82) is 0 Å². The van der Waals surface area contributed by atoms with Crippen molar-refractivity contribution in [2.24, 2.45) is 0 Å². The summed E-state index contributed by atoms with van der Waals surface area (Å²) in [6.07, 6.45) is 12.4. The lowest BCUT2D eigenvalue weighted by Gasteiger charge is -2.25. The van der Waals surface area contributed by atoms with E-state index in [4.69, 9.17) is 15.0 Å². The van der Waals surface area contributed by atoms with Crippen LogP contribution < -0.4 is 0 Å². The normalized spacial score (nSPS) is 13.8. The Balaban J connectivity index is 0.000000700. The van der Waals surface area contributed by atoms with Crippen LogP contribution in [0.15, 0.2) is 188 Å². The number of hydrogen-bond donors (Lipinski definition) is 0. The minimum absolute atomic E-state index is 0.140. The Hall–Kier alpha value is -6.78. The van der Waals surface area contributed by atoms with Gasteiger partial charge >= 0.3 is 0 Å². The predicted molar refractivity (Wildman–Crippen MR) is 274 cm³/mol.